The highest BCUT2D eigenvalue weighted by molar-refractivity contribution is 6.31. The average molecular weight is 290 g/mol. The van der Waals surface area contributed by atoms with E-state index in [1.807, 2.05) is 31.2 Å². The molecule has 0 saturated heterocycles. The molecule has 2 rings (SSSR count). The number of carbonyl (C=O) groups excluding carboxylic acids is 1. The van der Waals surface area contributed by atoms with Crippen molar-refractivity contribution in [2.24, 2.45) is 0 Å². The molecule has 0 bridgehead atoms. The van der Waals surface area contributed by atoms with E-state index in [0.717, 1.165) is 5.56 Å². The van der Waals surface area contributed by atoms with Crippen molar-refractivity contribution in [3.8, 4) is 0 Å². The van der Waals surface area contributed by atoms with Gasteiger partial charge in [0, 0.05) is 18.3 Å². The third-order valence-corrected chi connectivity index (χ3v) is 3.40. The monoisotopic (exact) mass is 289 g/mol. The lowest BCUT2D eigenvalue weighted by atomic mass is 10.1. The van der Waals surface area contributed by atoms with E-state index in [1.165, 1.54) is 0 Å². The van der Waals surface area contributed by atoms with Crippen LogP contribution in [-0.4, -0.2) is 17.9 Å². The fourth-order valence-corrected chi connectivity index (χ4v) is 2.27. The van der Waals surface area contributed by atoms with Crippen molar-refractivity contribution in [1.29, 1.82) is 0 Å². The van der Waals surface area contributed by atoms with Crippen molar-refractivity contribution in [3.05, 3.63) is 58.9 Å². The Bertz CT molecular complexity index is 616. The Morgan fingerprint density at radius 2 is 2.05 bits per heavy atom. The second-order valence-electron chi connectivity index (χ2n) is 4.39. The molecule has 0 aliphatic heterocycles. The average Bonchev–Trinajstić information content (AvgIpc) is 2.47. The Morgan fingerprint density at radius 1 is 1.30 bits per heavy atom. The molecule has 2 aromatic rings. The van der Waals surface area contributed by atoms with Gasteiger partial charge in [-0.15, -0.1) is 0 Å². The normalized spacial score (nSPS) is 11.8. The van der Waals surface area contributed by atoms with E-state index in [1.54, 1.807) is 25.5 Å². The number of hydrogen-bond acceptors (Lipinski definition) is 3. The van der Waals surface area contributed by atoms with E-state index in [0.29, 0.717) is 16.3 Å². The summed E-state index contributed by atoms with van der Waals surface area (Å²) in [6, 6.07) is 8.98. The van der Waals surface area contributed by atoms with E-state index in [4.69, 9.17) is 11.6 Å². The topological polar surface area (TPSA) is 54.0 Å². The van der Waals surface area contributed by atoms with Crippen LogP contribution in [0.4, 0.5) is 5.69 Å². The summed E-state index contributed by atoms with van der Waals surface area (Å²) in [6.45, 7) is 1.90. The van der Waals surface area contributed by atoms with Gasteiger partial charge in [-0.2, -0.15) is 0 Å². The van der Waals surface area contributed by atoms with Crippen LogP contribution in [0.5, 0.6) is 0 Å². The van der Waals surface area contributed by atoms with Crippen molar-refractivity contribution < 1.29 is 4.79 Å². The number of hydrogen-bond donors (Lipinski definition) is 2. The summed E-state index contributed by atoms with van der Waals surface area (Å²) in [5, 5.41) is 6.53. The van der Waals surface area contributed by atoms with Gasteiger partial charge in [-0.25, -0.2) is 0 Å². The lowest BCUT2D eigenvalue weighted by Crippen LogP contribution is -2.27. The molecule has 4 nitrogen and oxygen atoms in total. The zero-order chi connectivity index (χ0) is 14.5. The molecule has 1 aromatic carbocycles. The van der Waals surface area contributed by atoms with E-state index in [-0.39, 0.29) is 11.9 Å². The van der Waals surface area contributed by atoms with Crippen molar-refractivity contribution in [2.45, 2.75) is 13.0 Å². The molecule has 0 aliphatic carbocycles. The maximum Gasteiger partial charge on any atom is 0.253 e. The van der Waals surface area contributed by atoms with E-state index < -0.39 is 0 Å². The van der Waals surface area contributed by atoms with Gasteiger partial charge in [-0.3, -0.25) is 9.78 Å². The first-order valence-corrected chi connectivity index (χ1v) is 6.68. The minimum absolute atomic E-state index is 0.163. The summed E-state index contributed by atoms with van der Waals surface area (Å²) in [6.07, 6.45) is 3.21. The Balaban J connectivity index is 2.18. The third-order valence-electron chi connectivity index (χ3n) is 3.05. The standard InChI is InChI=1S/C15H16ClN3O/c1-10(11-5-3-4-6-13(11)16)19-15(20)12-7-8-18-9-14(12)17-2/h3-10,17H,1-2H3,(H,19,20). The predicted molar refractivity (Wildman–Crippen MR) is 81.1 cm³/mol. The second-order valence-corrected chi connectivity index (χ2v) is 4.80. The quantitative estimate of drug-likeness (QED) is 0.908. The molecule has 0 saturated carbocycles. The molecule has 1 amide bonds. The zero-order valence-corrected chi connectivity index (χ0v) is 12.1. The SMILES string of the molecule is CNc1cnccc1C(=O)NC(C)c1ccccc1Cl. The van der Waals surface area contributed by atoms with Crippen molar-refractivity contribution in [1.82, 2.24) is 10.3 Å². The fraction of sp³-hybridized carbons (Fsp3) is 0.200. The Kier molecular flexibility index (Phi) is 4.58. The van der Waals surface area contributed by atoms with Crippen LogP contribution < -0.4 is 10.6 Å². The maximum atomic E-state index is 12.3. The Morgan fingerprint density at radius 3 is 2.75 bits per heavy atom. The molecular weight excluding hydrogens is 274 g/mol. The van der Waals surface area contributed by atoms with Crippen LogP contribution in [0.3, 0.4) is 0 Å². The van der Waals surface area contributed by atoms with Crippen LogP contribution in [0.2, 0.25) is 5.02 Å². The van der Waals surface area contributed by atoms with Gasteiger partial charge in [0.15, 0.2) is 0 Å². The lowest BCUT2D eigenvalue weighted by molar-refractivity contribution is 0.0940. The second kappa shape index (κ2) is 6.39. The molecule has 0 fully saturated rings. The molecule has 1 atom stereocenters. The molecule has 5 heteroatoms. The summed E-state index contributed by atoms with van der Waals surface area (Å²) >= 11 is 6.13. The number of benzene rings is 1. The number of amides is 1. The number of rotatable bonds is 4. The van der Waals surface area contributed by atoms with Crippen molar-refractivity contribution in [2.75, 3.05) is 12.4 Å². The number of anilines is 1. The van der Waals surface area contributed by atoms with Crippen LogP contribution in [0.15, 0.2) is 42.7 Å². The summed E-state index contributed by atoms with van der Waals surface area (Å²) in [7, 11) is 1.76. The zero-order valence-electron chi connectivity index (χ0n) is 11.4. The van der Waals surface area contributed by atoms with Crippen molar-refractivity contribution in [3.63, 3.8) is 0 Å². The van der Waals surface area contributed by atoms with E-state index in [9.17, 15) is 4.79 Å². The van der Waals surface area contributed by atoms with E-state index >= 15 is 0 Å². The van der Waals surface area contributed by atoms with Crippen molar-refractivity contribution >= 4 is 23.2 Å². The number of nitrogens with zero attached hydrogens (tertiary/aromatic N) is 1. The van der Waals surface area contributed by atoms with Gasteiger partial charge in [0.1, 0.15) is 0 Å². The summed E-state index contributed by atoms with van der Waals surface area (Å²) < 4.78 is 0. The molecule has 1 unspecified atom stereocenters. The summed E-state index contributed by atoms with van der Waals surface area (Å²) in [5.74, 6) is -0.163. The molecule has 1 heterocycles. The van der Waals surface area contributed by atoms with Crippen LogP contribution in [0.1, 0.15) is 28.9 Å². The first kappa shape index (κ1) is 14.3. The van der Waals surface area contributed by atoms with Crippen LogP contribution in [-0.2, 0) is 0 Å². The Labute approximate surface area is 123 Å². The van der Waals surface area contributed by atoms with Gasteiger partial charge in [0.05, 0.1) is 23.5 Å². The maximum absolute atomic E-state index is 12.3. The first-order chi connectivity index (χ1) is 9.63. The minimum atomic E-state index is -0.172. The Hall–Kier alpha value is -2.07. The number of halogens is 1. The molecule has 1 aromatic heterocycles. The highest BCUT2D eigenvalue weighted by Gasteiger charge is 2.15. The van der Waals surface area contributed by atoms with Gasteiger partial charge in [0.2, 0.25) is 0 Å². The third kappa shape index (κ3) is 3.08. The largest absolute Gasteiger partial charge is 0.386 e. The van der Waals surface area contributed by atoms with Gasteiger partial charge >= 0.3 is 0 Å². The minimum Gasteiger partial charge on any atom is -0.386 e. The molecule has 104 valence electrons. The number of pyridine rings is 1. The number of carbonyl (C=O) groups is 1. The molecular formula is C15H16ClN3O. The van der Waals surface area contributed by atoms with Gasteiger partial charge in [-0.1, -0.05) is 29.8 Å². The molecule has 0 aliphatic rings. The van der Waals surface area contributed by atoms with Crippen LogP contribution in [0.25, 0.3) is 0 Å². The van der Waals surface area contributed by atoms with Gasteiger partial charge in [-0.05, 0) is 24.6 Å². The highest BCUT2D eigenvalue weighted by atomic mass is 35.5. The van der Waals surface area contributed by atoms with Gasteiger partial charge in [0.25, 0.3) is 5.91 Å². The van der Waals surface area contributed by atoms with Crippen LogP contribution in [0, 0.1) is 0 Å². The molecule has 2 N–H and O–H groups in total. The number of aromatic nitrogens is 1. The van der Waals surface area contributed by atoms with E-state index in [2.05, 4.69) is 15.6 Å². The predicted octanol–water partition coefficient (Wildman–Crippen LogP) is 3.27. The summed E-state index contributed by atoms with van der Waals surface area (Å²) in [4.78, 5) is 16.3. The fourth-order valence-electron chi connectivity index (χ4n) is 1.97. The smallest absolute Gasteiger partial charge is 0.253 e. The van der Waals surface area contributed by atoms with Crippen LogP contribution >= 0.6 is 11.6 Å². The highest BCUT2D eigenvalue weighted by Crippen LogP contribution is 2.23. The first-order valence-electron chi connectivity index (χ1n) is 6.30. The molecule has 20 heavy (non-hydrogen) atoms. The molecule has 0 spiro atoms. The molecule has 0 radical (unpaired) electrons. The summed E-state index contributed by atoms with van der Waals surface area (Å²) in [5.41, 5.74) is 2.14. The number of nitrogens with one attached hydrogen (secondary N) is 2. The van der Waals surface area contributed by atoms with Gasteiger partial charge < -0.3 is 10.6 Å². The lowest BCUT2D eigenvalue weighted by Gasteiger charge is -2.16.